The Labute approximate surface area is 193 Å². The number of nitrogens with zero attached hydrogens (tertiary/aromatic N) is 3. The van der Waals surface area contributed by atoms with Crippen LogP contribution >= 0.6 is 0 Å². The normalized spacial score (nSPS) is 18.7. The van der Waals surface area contributed by atoms with E-state index in [1.54, 1.807) is 42.0 Å². The summed E-state index contributed by atoms with van der Waals surface area (Å²) in [6.45, 7) is 5.66. The van der Waals surface area contributed by atoms with Crippen LogP contribution in [0.4, 0.5) is 4.39 Å². The fraction of sp³-hybridized carbons (Fsp3) is 0.400. The van der Waals surface area contributed by atoms with Crippen molar-refractivity contribution in [3.05, 3.63) is 59.0 Å². The highest BCUT2D eigenvalue weighted by Gasteiger charge is 2.34. The van der Waals surface area contributed by atoms with Gasteiger partial charge < -0.3 is 19.6 Å². The van der Waals surface area contributed by atoms with Crippen LogP contribution in [0.5, 0.6) is 5.88 Å². The molecule has 0 saturated carbocycles. The molecule has 3 atom stereocenters. The largest absolute Gasteiger partial charge is 0.472 e. The molecule has 0 fully saturated rings. The van der Waals surface area contributed by atoms with Gasteiger partial charge in [0, 0.05) is 43.8 Å². The van der Waals surface area contributed by atoms with E-state index in [2.05, 4.69) is 16.8 Å². The number of carbonyl (C=O) groups excluding carboxylic acids is 2. The Morgan fingerprint density at radius 2 is 2.09 bits per heavy atom. The van der Waals surface area contributed by atoms with E-state index in [1.807, 2.05) is 6.92 Å². The van der Waals surface area contributed by atoms with E-state index in [9.17, 15) is 19.1 Å². The average Bonchev–Trinajstić information content (AvgIpc) is 2.79. The number of amides is 2. The van der Waals surface area contributed by atoms with Crippen molar-refractivity contribution < 1.29 is 23.8 Å². The molecule has 0 saturated heterocycles. The number of aliphatic hydroxyl groups excluding tert-OH is 1. The zero-order valence-electron chi connectivity index (χ0n) is 19.2. The molecular formula is C25H28FN3O4. The average molecular weight is 454 g/mol. The van der Waals surface area contributed by atoms with Gasteiger partial charge in [0.2, 0.25) is 11.8 Å². The van der Waals surface area contributed by atoms with Crippen molar-refractivity contribution in [3.63, 3.8) is 0 Å². The lowest BCUT2D eigenvalue weighted by molar-refractivity contribution is -0.129. The molecule has 1 N–H and O–H groups in total. The fourth-order valence-electron chi connectivity index (χ4n) is 3.50. The summed E-state index contributed by atoms with van der Waals surface area (Å²) in [5.41, 5.74) is 1.20. The summed E-state index contributed by atoms with van der Waals surface area (Å²) in [4.78, 5) is 32.6. The Kier molecular flexibility index (Phi) is 7.67. The van der Waals surface area contributed by atoms with Gasteiger partial charge >= 0.3 is 0 Å². The minimum atomic E-state index is -0.417. The molecule has 1 aliphatic heterocycles. The molecule has 2 amide bonds. The first-order chi connectivity index (χ1) is 15.7. The number of pyridine rings is 1. The number of rotatable bonds is 4. The maximum atomic E-state index is 13.4. The van der Waals surface area contributed by atoms with Crippen molar-refractivity contribution in [2.24, 2.45) is 5.92 Å². The van der Waals surface area contributed by atoms with Gasteiger partial charge in [-0.1, -0.05) is 24.8 Å². The van der Waals surface area contributed by atoms with Crippen molar-refractivity contribution in [1.29, 1.82) is 0 Å². The van der Waals surface area contributed by atoms with Crippen LogP contribution in [0.3, 0.4) is 0 Å². The van der Waals surface area contributed by atoms with Gasteiger partial charge in [-0.3, -0.25) is 9.59 Å². The summed E-state index contributed by atoms with van der Waals surface area (Å²) >= 11 is 0. The number of fused-ring (bicyclic) bond motifs is 1. The first-order valence-corrected chi connectivity index (χ1v) is 10.8. The van der Waals surface area contributed by atoms with E-state index < -0.39 is 12.1 Å². The smallest absolute Gasteiger partial charge is 0.259 e. The molecule has 0 unspecified atom stereocenters. The van der Waals surface area contributed by atoms with Crippen LogP contribution in [0.1, 0.15) is 42.3 Å². The highest BCUT2D eigenvalue weighted by molar-refractivity contribution is 5.97. The summed E-state index contributed by atoms with van der Waals surface area (Å²) < 4.78 is 19.5. The van der Waals surface area contributed by atoms with Gasteiger partial charge in [0.05, 0.1) is 19.2 Å². The monoisotopic (exact) mass is 453 g/mol. The lowest BCUT2D eigenvalue weighted by Crippen LogP contribution is -2.50. The molecule has 174 valence electrons. The van der Waals surface area contributed by atoms with Crippen LogP contribution in [0, 0.1) is 23.6 Å². The highest BCUT2D eigenvalue weighted by Crippen LogP contribution is 2.27. The third kappa shape index (κ3) is 5.88. The Morgan fingerprint density at radius 3 is 2.76 bits per heavy atom. The molecule has 7 nitrogen and oxygen atoms in total. The van der Waals surface area contributed by atoms with E-state index in [0.29, 0.717) is 24.2 Å². The quantitative estimate of drug-likeness (QED) is 0.719. The van der Waals surface area contributed by atoms with Crippen molar-refractivity contribution in [3.8, 4) is 17.7 Å². The van der Waals surface area contributed by atoms with Gasteiger partial charge in [-0.15, -0.1) is 0 Å². The minimum Gasteiger partial charge on any atom is -0.472 e. The van der Waals surface area contributed by atoms with Crippen LogP contribution in [-0.4, -0.2) is 70.6 Å². The number of likely N-dealkylation sites (N-methyl/N-ethyl adjacent to an activating group) is 1. The molecule has 2 aromatic rings. The summed E-state index contributed by atoms with van der Waals surface area (Å²) in [6.07, 6.45) is 1.09. The second-order valence-corrected chi connectivity index (χ2v) is 8.36. The highest BCUT2D eigenvalue weighted by atomic mass is 19.1. The number of halogens is 1. The third-order valence-corrected chi connectivity index (χ3v) is 5.69. The SMILES string of the molecule is CC(=O)N(C)C[C@@H]1Oc2ncc(C#Cc3cccc(F)c3)cc2C(=O)N([C@@H](C)CO)C[C@H]1C. The van der Waals surface area contributed by atoms with E-state index in [4.69, 9.17) is 4.74 Å². The lowest BCUT2D eigenvalue weighted by atomic mass is 10.00. The molecule has 3 rings (SSSR count). The van der Waals surface area contributed by atoms with Crippen molar-refractivity contribution in [1.82, 2.24) is 14.8 Å². The van der Waals surface area contributed by atoms with Gasteiger partial charge in [-0.25, -0.2) is 9.37 Å². The molecule has 0 radical (unpaired) electrons. The number of carbonyl (C=O) groups is 2. The number of hydrogen-bond acceptors (Lipinski definition) is 5. The van der Waals surface area contributed by atoms with Gasteiger partial charge in [-0.05, 0) is 31.2 Å². The second-order valence-electron chi connectivity index (χ2n) is 8.36. The predicted molar refractivity (Wildman–Crippen MR) is 121 cm³/mol. The summed E-state index contributed by atoms with van der Waals surface area (Å²) in [5, 5.41) is 9.73. The van der Waals surface area contributed by atoms with Crippen molar-refractivity contribution in [2.75, 3.05) is 26.7 Å². The topological polar surface area (TPSA) is 83.0 Å². The molecule has 0 aliphatic carbocycles. The van der Waals surface area contributed by atoms with E-state index in [1.165, 1.54) is 25.3 Å². The number of aromatic nitrogens is 1. The Morgan fingerprint density at radius 1 is 1.36 bits per heavy atom. The predicted octanol–water partition coefficient (Wildman–Crippen LogP) is 2.32. The number of aliphatic hydroxyl groups is 1. The maximum absolute atomic E-state index is 13.4. The lowest BCUT2D eigenvalue weighted by Gasteiger charge is -2.37. The van der Waals surface area contributed by atoms with Gasteiger partial charge in [-0.2, -0.15) is 0 Å². The number of ether oxygens (including phenoxy) is 1. The van der Waals surface area contributed by atoms with Crippen LogP contribution < -0.4 is 4.74 Å². The molecule has 0 spiro atoms. The van der Waals surface area contributed by atoms with Crippen LogP contribution in [0.2, 0.25) is 0 Å². The first kappa shape index (κ1) is 24.2. The minimum absolute atomic E-state index is 0.0966. The van der Waals surface area contributed by atoms with E-state index in [0.717, 1.165) is 0 Å². The number of benzene rings is 1. The van der Waals surface area contributed by atoms with Crippen LogP contribution in [-0.2, 0) is 4.79 Å². The Balaban J connectivity index is 2.00. The van der Waals surface area contributed by atoms with E-state index >= 15 is 0 Å². The third-order valence-electron chi connectivity index (χ3n) is 5.69. The van der Waals surface area contributed by atoms with Gasteiger partial charge in [0.1, 0.15) is 17.5 Å². The molecule has 0 bridgehead atoms. The zero-order valence-corrected chi connectivity index (χ0v) is 19.2. The summed E-state index contributed by atoms with van der Waals surface area (Å²) in [6, 6.07) is 7.10. The molecule has 2 heterocycles. The Hall–Kier alpha value is -3.44. The maximum Gasteiger partial charge on any atom is 0.259 e. The second kappa shape index (κ2) is 10.5. The molecular weight excluding hydrogens is 425 g/mol. The first-order valence-electron chi connectivity index (χ1n) is 10.8. The molecule has 1 aromatic carbocycles. The fourth-order valence-corrected chi connectivity index (χ4v) is 3.50. The molecule has 8 heteroatoms. The van der Waals surface area contributed by atoms with Crippen LogP contribution in [0.25, 0.3) is 0 Å². The molecule has 1 aromatic heterocycles. The van der Waals surface area contributed by atoms with Gasteiger partial charge in [0.15, 0.2) is 0 Å². The standard InChI is InChI=1S/C25H28FN3O4/c1-16-13-29(17(2)15-30)25(32)22-11-20(9-8-19-6-5-7-21(26)10-19)12-27-24(22)33-23(16)14-28(4)18(3)31/h5-7,10-12,16-17,23,30H,13-15H2,1-4H3/t16-,17+,23+/m1/s1. The zero-order chi connectivity index (χ0) is 24.1. The number of hydrogen-bond donors (Lipinski definition) is 1. The van der Waals surface area contributed by atoms with Crippen LogP contribution in [0.15, 0.2) is 36.5 Å². The Bertz CT molecular complexity index is 1090. The summed E-state index contributed by atoms with van der Waals surface area (Å²) in [5.74, 6) is 5.02. The van der Waals surface area contributed by atoms with Crippen molar-refractivity contribution in [2.45, 2.75) is 32.9 Å². The summed E-state index contributed by atoms with van der Waals surface area (Å²) in [7, 11) is 1.69. The van der Waals surface area contributed by atoms with Gasteiger partial charge in [0.25, 0.3) is 5.91 Å². The van der Waals surface area contributed by atoms with E-state index in [-0.39, 0.29) is 41.6 Å². The molecule has 33 heavy (non-hydrogen) atoms. The molecule has 1 aliphatic rings. The van der Waals surface area contributed by atoms with Crippen molar-refractivity contribution >= 4 is 11.8 Å².